The van der Waals surface area contributed by atoms with Crippen molar-refractivity contribution in [1.29, 1.82) is 5.26 Å². The molecule has 9 nitrogen and oxygen atoms in total. The van der Waals surface area contributed by atoms with Crippen molar-refractivity contribution in [3.8, 4) is 28.5 Å². The standard InChI is InChI=1S/C27H22N6O3/c1-18-12-14-21(15-13-18)33(27(29)36)30-23(34)17-32-26(35)22(16-28)24(19-8-4-2-5-9-19)25(31-32)20-10-6-3-7-11-20/h2-15H,17H2,1H3,(H2,29,36)(H,30,34). The Balaban J connectivity index is 1.76. The predicted molar refractivity (Wildman–Crippen MR) is 135 cm³/mol. The highest BCUT2D eigenvalue weighted by molar-refractivity contribution is 5.94. The fraction of sp³-hybridized carbons (Fsp3) is 0.0741. The molecule has 1 heterocycles. The van der Waals surface area contributed by atoms with E-state index in [4.69, 9.17) is 5.73 Å². The zero-order valence-corrected chi connectivity index (χ0v) is 19.4. The number of nitrogens with one attached hydrogen (secondary N) is 1. The number of aromatic nitrogens is 2. The van der Waals surface area contributed by atoms with Gasteiger partial charge in [0.05, 0.1) is 5.69 Å². The maximum atomic E-state index is 13.2. The van der Waals surface area contributed by atoms with Crippen LogP contribution in [0.4, 0.5) is 10.5 Å². The number of hydrazine groups is 1. The molecule has 3 amide bonds. The highest BCUT2D eigenvalue weighted by Gasteiger charge is 2.22. The minimum absolute atomic E-state index is 0.145. The van der Waals surface area contributed by atoms with Crippen LogP contribution in [-0.2, 0) is 11.3 Å². The number of carbonyl (C=O) groups is 2. The molecular formula is C27H22N6O3. The average Bonchev–Trinajstić information content (AvgIpc) is 2.89. The van der Waals surface area contributed by atoms with Crippen LogP contribution >= 0.6 is 0 Å². The van der Waals surface area contributed by atoms with Crippen LogP contribution < -0.4 is 21.7 Å². The van der Waals surface area contributed by atoms with Gasteiger partial charge in [0, 0.05) is 11.1 Å². The smallest absolute Gasteiger partial charge is 0.338 e. The third-order valence-electron chi connectivity index (χ3n) is 5.42. The zero-order valence-electron chi connectivity index (χ0n) is 19.4. The molecule has 0 spiro atoms. The number of nitrogens with two attached hydrogens (primary N) is 1. The summed E-state index contributed by atoms with van der Waals surface area (Å²) in [5, 5.41) is 15.3. The summed E-state index contributed by atoms with van der Waals surface area (Å²) in [5.74, 6) is -0.723. The highest BCUT2D eigenvalue weighted by atomic mass is 16.2. The van der Waals surface area contributed by atoms with E-state index in [1.54, 1.807) is 60.7 Å². The molecule has 0 unspecified atom stereocenters. The molecule has 9 heteroatoms. The first-order valence-corrected chi connectivity index (χ1v) is 11.0. The van der Waals surface area contributed by atoms with Gasteiger partial charge in [0.25, 0.3) is 11.5 Å². The minimum atomic E-state index is -0.908. The molecular weight excluding hydrogens is 456 g/mol. The van der Waals surface area contributed by atoms with Crippen molar-refractivity contribution in [1.82, 2.24) is 15.2 Å². The number of hydrogen-bond donors (Lipinski definition) is 2. The van der Waals surface area contributed by atoms with Crippen molar-refractivity contribution in [3.05, 3.63) is 106 Å². The molecule has 4 aromatic rings. The molecule has 0 aliphatic carbocycles. The summed E-state index contributed by atoms with van der Waals surface area (Å²) in [6.07, 6.45) is 0. The van der Waals surface area contributed by atoms with Gasteiger partial charge in [0.1, 0.15) is 23.9 Å². The number of rotatable bonds is 5. The second kappa shape index (κ2) is 10.4. The number of amides is 3. The van der Waals surface area contributed by atoms with Crippen molar-refractivity contribution < 1.29 is 9.59 Å². The van der Waals surface area contributed by atoms with Gasteiger partial charge in [-0.2, -0.15) is 10.4 Å². The van der Waals surface area contributed by atoms with Crippen LogP contribution in [-0.4, -0.2) is 21.7 Å². The number of benzene rings is 3. The second-order valence-corrected chi connectivity index (χ2v) is 7.95. The molecule has 0 atom stereocenters. The van der Waals surface area contributed by atoms with Gasteiger partial charge < -0.3 is 5.73 Å². The lowest BCUT2D eigenvalue weighted by Crippen LogP contribution is -2.51. The third-order valence-corrected chi connectivity index (χ3v) is 5.42. The molecule has 4 rings (SSSR count). The molecule has 178 valence electrons. The van der Waals surface area contributed by atoms with Gasteiger partial charge in [0.15, 0.2) is 0 Å². The quantitative estimate of drug-likeness (QED) is 0.424. The lowest BCUT2D eigenvalue weighted by atomic mass is 9.96. The SMILES string of the molecule is Cc1ccc(N(NC(=O)Cn2nc(-c3ccccc3)c(-c3ccccc3)c(C#N)c2=O)C(N)=O)cc1. The average molecular weight is 479 g/mol. The predicted octanol–water partition coefficient (Wildman–Crippen LogP) is 3.37. The van der Waals surface area contributed by atoms with E-state index in [0.29, 0.717) is 28.1 Å². The Morgan fingerprint density at radius 3 is 2.11 bits per heavy atom. The Morgan fingerprint density at radius 2 is 1.56 bits per heavy atom. The van der Waals surface area contributed by atoms with Crippen LogP contribution in [0.1, 0.15) is 11.1 Å². The van der Waals surface area contributed by atoms with E-state index in [1.807, 2.05) is 37.3 Å². The Bertz CT molecular complexity index is 1510. The fourth-order valence-electron chi connectivity index (χ4n) is 3.70. The minimum Gasteiger partial charge on any atom is -0.350 e. The molecule has 1 aromatic heterocycles. The number of anilines is 1. The lowest BCUT2D eigenvalue weighted by Gasteiger charge is -2.21. The van der Waals surface area contributed by atoms with Crippen LogP contribution in [0.15, 0.2) is 89.7 Å². The summed E-state index contributed by atoms with van der Waals surface area (Å²) in [7, 11) is 0. The first-order valence-electron chi connectivity index (χ1n) is 11.0. The van der Waals surface area contributed by atoms with Crippen molar-refractivity contribution in [2.75, 3.05) is 5.01 Å². The van der Waals surface area contributed by atoms with Crippen molar-refractivity contribution in [2.24, 2.45) is 5.73 Å². The van der Waals surface area contributed by atoms with Crippen molar-refractivity contribution in [3.63, 3.8) is 0 Å². The summed E-state index contributed by atoms with van der Waals surface area (Å²) < 4.78 is 0.914. The molecule has 0 saturated heterocycles. The Kier molecular flexibility index (Phi) is 6.88. The van der Waals surface area contributed by atoms with Gasteiger partial charge in [-0.3, -0.25) is 15.0 Å². The molecule has 0 fully saturated rings. The van der Waals surface area contributed by atoms with Gasteiger partial charge >= 0.3 is 6.03 Å². The number of urea groups is 1. The fourth-order valence-corrected chi connectivity index (χ4v) is 3.70. The largest absolute Gasteiger partial charge is 0.350 e. The molecule has 0 saturated carbocycles. The number of hydrogen-bond acceptors (Lipinski definition) is 5. The molecule has 0 aliphatic heterocycles. The third kappa shape index (κ3) is 4.98. The first kappa shape index (κ1) is 23.9. The van der Waals surface area contributed by atoms with E-state index >= 15 is 0 Å². The monoisotopic (exact) mass is 478 g/mol. The second-order valence-electron chi connectivity index (χ2n) is 7.95. The molecule has 0 aliphatic rings. The topological polar surface area (TPSA) is 134 Å². The van der Waals surface area contributed by atoms with E-state index in [-0.39, 0.29) is 5.56 Å². The molecule has 36 heavy (non-hydrogen) atoms. The number of carbonyl (C=O) groups excluding carboxylic acids is 2. The van der Waals surface area contributed by atoms with E-state index < -0.39 is 24.0 Å². The Morgan fingerprint density at radius 1 is 0.972 bits per heavy atom. The summed E-state index contributed by atoms with van der Waals surface area (Å²) in [4.78, 5) is 38.1. The van der Waals surface area contributed by atoms with Crippen LogP contribution in [0.25, 0.3) is 22.4 Å². The maximum absolute atomic E-state index is 13.2. The van der Waals surface area contributed by atoms with Gasteiger partial charge in [0.2, 0.25) is 0 Å². The van der Waals surface area contributed by atoms with Crippen LogP contribution in [0.2, 0.25) is 0 Å². The van der Waals surface area contributed by atoms with Gasteiger partial charge in [-0.25, -0.2) is 14.5 Å². The van der Waals surface area contributed by atoms with Crippen LogP contribution in [0, 0.1) is 18.3 Å². The van der Waals surface area contributed by atoms with E-state index in [0.717, 1.165) is 15.3 Å². The summed E-state index contributed by atoms with van der Waals surface area (Å²) in [5.41, 5.74) is 10.4. The summed E-state index contributed by atoms with van der Waals surface area (Å²) >= 11 is 0. The molecule has 0 bridgehead atoms. The lowest BCUT2D eigenvalue weighted by molar-refractivity contribution is -0.121. The van der Waals surface area contributed by atoms with E-state index in [2.05, 4.69) is 10.5 Å². The number of primary amides is 1. The van der Waals surface area contributed by atoms with Crippen LogP contribution in [0.5, 0.6) is 0 Å². The Labute approximate surface area is 207 Å². The van der Waals surface area contributed by atoms with Crippen LogP contribution in [0.3, 0.4) is 0 Å². The van der Waals surface area contributed by atoms with Gasteiger partial charge in [-0.1, -0.05) is 78.4 Å². The van der Waals surface area contributed by atoms with E-state index in [9.17, 15) is 19.6 Å². The van der Waals surface area contributed by atoms with Crippen molar-refractivity contribution in [2.45, 2.75) is 13.5 Å². The normalized spacial score (nSPS) is 10.3. The van der Waals surface area contributed by atoms with Gasteiger partial charge in [-0.15, -0.1) is 0 Å². The first-order chi connectivity index (χ1) is 17.4. The molecule has 0 radical (unpaired) electrons. The van der Waals surface area contributed by atoms with E-state index in [1.165, 1.54) is 0 Å². The number of aryl methyl sites for hydroxylation is 1. The Hall–Kier alpha value is -5.23. The maximum Gasteiger partial charge on any atom is 0.338 e. The number of nitriles is 1. The molecule has 3 N–H and O–H groups in total. The summed E-state index contributed by atoms with van der Waals surface area (Å²) in [6.45, 7) is 1.34. The van der Waals surface area contributed by atoms with Crippen molar-refractivity contribution >= 4 is 17.6 Å². The summed E-state index contributed by atoms with van der Waals surface area (Å²) in [6, 6.07) is 25.9. The van der Waals surface area contributed by atoms with Gasteiger partial charge in [-0.05, 0) is 24.6 Å². The molecule has 3 aromatic carbocycles. The number of nitrogens with zero attached hydrogens (tertiary/aromatic N) is 4. The highest BCUT2D eigenvalue weighted by Crippen LogP contribution is 2.31. The zero-order chi connectivity index (χ0) is 25.7.